The molecule has 0 unspecified atom stereocenters. The molecular weight excluding hydrogens is 352 g/mol. The van der Waals surface area contributed by atoms with Gasteiger partial charge in [0.05, 0.1) is 8.07 Å². The summed E-state index contributed by atoms with van der Waals surface area (Å²) in [5, 5.41) is 6.51. The van der Waals surface area contributed by atoms with Crippen LogP contribution in [0.5, 0.6) is 0 Å². The fraction of sp³-hybridized carbons (Fsp3) is 0.455. The van der Waals surface area contributed by atoms with Gasteiger partial charge in [0.1, 0.15) is 0 Å². The van der Waals surface area contributed by atoms with Gasteiger partial charge in [-0.3, -0.25) is 9.59 Å². The van der Waals surface area contributed by atoms with Gasteiger partial charge in [0.2, 0.25) is 0 Å². The second-order valence-corrected chi connectivity index (χ2v) is 13.7. The molecule has 2 aromatic rings. The number of amides is 2. The fourth-order valence-corrected chi connectivity index (χ4v) is 5.37. The van der Waals surface area contributed by atoms with Crippen molar-refractivity contribution in [1.82, 2.24) is 10.2 Å². The molecule has 2 aromatic carbocycles. The molecule has 146 valence electrons. The van der Waals surface area contributed by atoms with Crippen molar-refractivity contribution in [2.75, 3.05) is 0 Å². The Labute approximate surface area is 164 Å². The minimum absolute atomic E-state index is 0.0154. The van der Waals surface area contributed by atoms with E-state index >= 15 is 0 Å². The average molecular weight is 385 g/mol. The second-order valence-electron chi connectivity index (χ2n) is 8.65. The molecule has 0 atom stereocenters. The third kappa shape index (κ3) is 4.77. The van der Waals surface area contributed by atoms with Crippen LogP contribution in [0.25, 0.3) is 10.8 Å². The van der Waals surface area contributed by atoms with Gasteiger partial charge in [0.15, 0.2) is 0 Å². The summed E-state index contributed by atoms with van der Waals surface area (Å²) in [6.07, 6.45) is 0. The van der Waals surface area contributed by atoms with Gasteiger partial charge in [0, 0.05) is 18.6 Å². The van der Waals surface area contributed by atoms with Crippen LogP contribution >= 0.6 is 0 Å². The summed E-state index contributed by atoms with van der Waals surface area (Å²) in [6.45, 7) is 15.0. The van der Waals surface area contributed by atoms with Crippen LogP contribution in [-0.4, -0.2) is 36.9 Å². The van der Waals surface area contributed by atoms with Crippen LogP contribution in [0.15, 0.2) is 36.4 Å². The lowest BCUT2D eigenvalue weighted by molar-refractivity contribution is -0.148. The zero-order valence-electron chi connectivity index (χ0n) is 17.6. The number of nitrogens with zero attached hydrogens (tertiary/aromatic N) is 1. The van der Waals surface area contributed by atoms with Crippen LogP contribution in [0.3, 0.4) is 0 Å². The van der Waals surface area contributed by atoms with Gasteiger partial charge in [-0.2, -0.15) is 0 Å². The summed E-state index contributed by atoms with van der Waals surface area (Å²) in [4.78, 5) is 26.8. The van der Waals surface area contributed by atoms with E-state index in [1.54, 1.807) is 4.90 Å². The predicted octanol–water partition coefficient (Wildman–Crippen LogP) is 3.65. The second kappa shape index (κ2) is 8.25. The third-order valence-corrected chi connectivity index (χ3v) is 6.90. The molecule has 4 nitrogen and oxygen atoms in total. The predicted molar refractivity (Wildman–Crippen MR) is 116 cm³/mol. The molecule has 1 N–H and O–H groups in total. The average Bonchev–Trinajstić information content (AvgIpc) is 2.57. The zero-order valence-corrected chi connectivity index (χ0v) is 18.6. The number of carbonyl (C=O) groups excluding carboxylic acids is 2. The maximum absolute atomic E-state index is 12.6. The van der Waals surface area contributed by atoms with Crippen LogP contribution in [0.4, 0.5) is 0 Å². The lowest BCUT2D eigenvalue weighted by Crippen LogP contribution is -2.49. The van der Waals surface area contributed by atoms with E-state index in [1.165, 1.54) is 5.19 Å². The highest BCUT2D eigenvalue weighted by Gasteiger charge is 2.27. The highest BCUT2D eigenvalue weighted by atomic mass is 28.3. The van der Waals surface area contributed by atoms with E-state index in [-0.39, 0.29) is 12.1 Å². The lowest BCUT2D eigenvalue weighted by atomic mass is 10.0. The molecule has 0 aliphatic rings. The largest absolute Gasteiger partial charge is 0.344 e. The van der Waals surface area contributed by atoms with E-state index in [0.717, 1.165) is 16.3 Å². The Balaban J connectivity index is 2.33. The molecule has 0 radical (unpaired) electrons. The molecule has 5 heteroatoms. The van der Waals surface area contributed by atoms with Crippen LogP contribution in [0, 0.1) is 0 Å². The fourth-order valence-electron chi connectivity index (χ4n) is 3.66. The van der Waals surface area contributed by atoms with Gasteiger partial charge in [0.25, 0.3) is 0 Å². The summed E-state index contributed by atoms with van der Waals surface area (Å²) in [6, 6.07) is 12.5. The topological polar surface area (TPSA) is 49.4 Å². The summed E-state index contributed by atoms with van der Waals surface area (Å²) in [7, 11) is -1.60. The summed E-state index contributed by atoms with van der Waals surface area (Å²) >= 11 is 0. The Morgan fingerprint density at radius 3 is 2.11 bits per heavy atom. The molecule has 27 heavy (non-hydrogen) atoms. The molecule has 0 aliphatic heterocycles. The first kappa shape index (κ1) is 21.2. The SMILES string of the molecule is CC(C)N(C(=O)C(=O)NCc1c([Si](C)(C)C)ccc2ccccc12)C(C)C. The molecule has 0 aromatic heterocycles. The van der Waals surface area contributed by atoms with Gasteiger partial charge in [-0.25, -0.2) is 0 Å². The van der Waals surface area contributed by atoms with Gasteiger partial charge in [-0.15, -0.1) is 0 Å². The first-order valence-corrected chi connectivity index (χ1v) is 13.2. The van der Waals surface area contributed by atoms with Gasteiger partial charge >= 0.3 is 11.8 Å². The van der Waals surface area contributed by atoms with Crippen molar-refractivity contribution >= 4 is 35.8 Å². The molecule has 0 fully saturated rings. The maximum Gasteiger partial charge on any atom is 0.312 e. The molecule has 2 amide bonds. The van der Waals surface area contributed by atoms with Gasteiger partial charge < -0.3 is 10.2 Å². The number of fused-ring (bicyclic) bond motifs is 1. The minimum Gasteiger partial charge on any atom is -0.344 e. The van der Waals surface area contributed by atoms with E-state index < -0.39 is 19.9 Å². The number of nitrogens with one attached hydrogen (secondary N) is 1. The van der Waals surface area contributed by atoms with Crippen LogP contribution in [-0.2, 0) is 16.1 Å². The summed E-state index contributed by atoms with van der Waals surface area (Å²) in [5.74, 6) is -0.998. The zero-order chi connectivity index (χ0) is 20.4. The summed E-state index contributed by atoms with van der Waals surface area (Å²) < 4.78 is 0. The Bertz CT molecular complexity index is 830. The van der Waals surface area contributed by atoms with Crippen molar-refractivity contribution in [2.24, 2.45) is 0 Å². The van der Waals surface area contributed by atoms with Crippen molar-refractivity contribution < 1.29 is 9.59 Å². The first-order valence-electron chi connectivity index (χ1n) is 9.65. The van der Waals surface area contributed by atoms with Gasteiger partial charge in [-0.1, -0.05) is 61.2 Å². The Morgan fingerprint density at radius 1 is 0.963 bits per heavy atom. The molecule has 0 aliphatic carbocycles. The molecule has 2 rings (SSSR count). The Kier molecular flexibility index (Phi) is 6.47. The van der Waals surface area contributed by atoms with Crippen LogP contribution in [0.1, 0.15) is 33.3 Å². The highest BCUT2D eigenvalue weighted by molar-refractivity contribution is 6.89. The maximum atomic E-state index is 12.6. The van der Waals surface area contributed by atoms with Crippen molar-refractivity contribution in [3.8, 4) is 0 Å². The van der Waals surface area contributed by atoms with Crippen molar-refractivity contribution in [3.63, 3.8) is 0 Å². The molecule has 0 saturated heterocycles. The van der Waals surface area contributed by atoms with Crippen LogP contribution in [0.2, 0.25) is 19.6 Å². The normalized spacial score (nSPS) is 11.9. The number of hydrogen-bond acceptors (Lipinski definition) is 2. The Hall–Kier alpha value is -2.14. The van der Waals surface area contributed by atoms with Crippen molar-refractivity contribution in [2.45, 2.75) is 66.0 Å². The monoisotopic (exact) mass is 384 g/mol. The van der Waals surface area contributed by atoms with Crippen LogP contribution < -0.4 is 10.5 Å². The van der Waals surface area contributed by atoms with E-state index in [1.807, 2.05) is 39.8 Å². The van der Waals surface area contributed by atoms with E-state index in [4.69, 9.17) is 0 Å². The quantitative estimate of drug-likeness (QED) is 0.632. The van der Waals surface area contributed by atoms with Crippen molar-refractivity contribution in [1.29, 1.82) is 0 Å². The number of benzene rings is 2. The van der Waals surface area contributed by atoms with Crippen molar-refractivity contribution in [3.05, 3.63) is 42.0 Å². The molecule has 0 saturated carbocycles. The molecular formula is C22H32N2O2Si. The van der Waals surface area contributed by atoms with E-state index in [9.17, 15) is 9.59 Å². The highest BCUT2D eigenvalue weighted by Crippen LogP contribution is 2.20. The van der Waals surface area contributed by atoms with Gasteiger partial charge in [-0.05, 0) is 44.0 Å². The minimum atomic E-state index is -1.60. The molecule has 0 bridgehead atoms. The Morgan fingerprint density at radius 2 is 1.56 bits per heavy atom. The summed E-state index contributed by atoms with van der Waals surface area (Å²) in [5.41, 5.74) is 1.13. The number of hydrogen-bond donors (Lipinski definition) is 1. The third-order valence-electron chi connectivity index (χ3n) is 4.82. The molecule has 0 spiro atoms. The molecule has 0 heterocycles. The standard InChI is InChI=1S/C22H32N2O2Si/c1-15(2)24(16(3)4)22(26)21(25)23-14-19-18-11-9-8-10-17(18)12-13-20(19)27(5,6)7/h8-13,15-16H,14H2,1-7H3,(H,23,25). The lowest BCUT2D eigenvalue weighted by Gasteiger charge is -2.30. The number of rotatable bonds is 5. The van der Waals surface area contributed by atoms with E-state index in [2.05, 4.69) is 49.2 Å². The van der Waals surface area contributed by atoms with E-state index in [0.29, 0.717) is 6.54 Å². The smallest absolute Gasteiger partial charge is 0.312 e. The first-order chi connectivity index (χ1) is 12.5. The number of carbonyl (C=O) groups is 2.